The van der Waals surface area contributed by atoms with Gasteiger partial charge in [-0.3, -0.25) is 4.79 Å². The van der Waals surface area contributed by atoms with E-state index in [4.69, 9.17) is 4.74 Å². The number of aromatic nitrogens is 1. The van der Waals surface area contributed by atoms with Crippen LogP contribution >= 0.6 is 0 Å². The van der Waals surface area contributed by atoms with Crippen LogP contribution in [0.3, 0.4) is 0 Å². The van der Waals surface area contributed by atoms with Crippen LogP contribution in [0.25, 0.3) is 11.3 Å². The summed E-state index contributed by atoms with van der Waals surface area (Å²) in [5.41, 5.74) is -3.96. The van der Waals surface area contributed by atoms with E-state index in [0.717, 1.165) is 43.0 Å². The minimum Gasteiger partial charge on any atom is -0.492 e. The average molecular weight is 669 g/mol. The number of halogens is 8. The molecule has 0 aliphatic carbocycles. The standard InChI is InChI=1S/C33H32F8N4O2/c34-23-4-5-25(26(35)17-23)30-29-27(18-28(42-30)44-11-6-24(7-12-44)43-8-1-2-9-43)47-13-3-10-45(31(29)46)19-20-14-21(32(36,37)38)16-22(15-20)33(39,40)41/h4-5,14-18,24H,1-3,6-13,19H2. The highest BCUT2D eigenvalue weighted by atomic mass is 19.4. The van der Waals surface area contributed by atoms with Crippen LogP contribution in [-0.2, 0) is 18.9 Å². The molecule has 1 aromatic heterocycles. The van der Waals surface area contributed by atoms with Crippen LogP contribution in [-0.4, -0.2) is 66.1 Å². The number of nitrogens with zero attached hydrogens (tertiary/aromatic N) is 4. The number of amides is 1. The summed E-state index contributed by atoms with van der Waals surface area (Å²) in [6.45, 7) is 2.76. The molecule has 0 bridgehead atoms. The van der Waals surface area contributed by atoms with Crippen molar-refractivity contribution < 1.29 is 44.7 Å². The maximum Gasteiger partial charge on any atom is 0.416 e. The molecule has 2 saturated heterocycles. The van der Waals surface area contributed by atoms with Crippen molar-refractivity contribution in [1.29, 1.82) is 0 Å². The molecule has 2 aromatic carbocycles. The minimum atomic E-state index is -5.06. The molecule has 0 saturated carbocycles. The number of anilines is 1. The fraction of sp³-hybridized carbons (Fsp3) is 0.455. The van der Waals surface area contributed by atoms with Gasteiger partial charge in [0.1, 0.15) is 28.8 Å². The number of alkyl halides is 6. The molecule has 3 aliphatic heterocycles. The number of pyridine rings is 1. The van der Waals surface area contributed by atoms with Crippen molar-refractivity contribution in [3.8, 4) is 17.0 Å². The quantitative estimate of drug-likeness (QED) is 0.263. The molecule has 0 radical (unpaired) electrons. The van der Waals surface area contributed by atoms with Crippen LogP contribution in [0.4, 0.5) is 40.9 Å². The number of ether oxygens (including phenoxy) is 1. The normalized spacial score (nSPS) is 18.6. The molecule has 0 spiro atoms. The second kappa shape index (κ2) is 12.9. The molecule has 4 heterocycles. The van der Waals surface area contributed by atoms with Crippen LogP contribution in [0.15, 0.2) is 42.5 Å². The summed E-state index contributed by atoms with van der Waals surface area (Å²) in [5, 5.41) is 0. The van der Waals surface area contributed by atoms with Crippen molar-refractivity contribution in [1.82, 2.24) is 14.8 Å². The lowest BCUT2D eigenvalue weighted by Gasteiger charge is -2.37. The second-order valence-corrected chi connectivity index (χ2v) is 12.1. The molecular formula is C33H32F8N4O2. The molecule has 2 fully saturated rings. The summed E-state index contributed by atoms with van der Waals surface area (Å²) in [6.07, 6.45) is -5.85. The molecule has 252 valence electrons. The van der Waals surface area contributed by atoms with Crippen LogP contribution in [0.2, 0.25) is 0 Å². The van der Waals surface area contributed by atoms with Gasteiger partial charge >= 0.3 is 12.4 Å². The zero-order valence-corrected chi connectivity index (χ0v) is 25.2. The monoisotopic (exact) mass is 668 g/mol. The van der Waals surface area contributed by atoms with E-state index in [2.05, 4.69) is 9.88 Å². The first-order chi connectivity index (χ1) is 22.3. The Labute approximate surface area is 265 Å². The lowest BCUT2D eigenvalue weighted by atomic mass is 10.00. The zero-order valence-electron chi connectivity index (χ0n) is 25.2. The van der Waals surface area contributed by atoms with E-state index in [-0.39, 0.29) is 53.8 Å². The van der Waals surface area contributed by atoms with Gasteiger partial charge in [-0.1, -0.05) is 0 Å². The van der Waals surface area contributed by atoms with Crippen LogP contribution in [0.1, 0.15) is 59.2 Å². The van der Waals surface area contributed by atoms with Crippen molar-refractivity contribution in [3.05, 3.63) is 76.4 Å². The van der Waals surface area contributed by atoms with Gasteiger partial charge in [-0.2, -0.15) is 26.3 Å². The number of rotatable bonds is 5. The Kier molecular flexibility index (Phi) is 9.07. The number of carbonyl (C=O) groups excluding carboxylic acids is 1. The van der Waals surface area contributed by atoms with Gasteiger partial charge in [0.15, 0.2) is 0 Å². The van der Waals surface area contributed by atoms with Crippen molar-refractivity contribution in [3.63, 3.8) is 0 Å². The molecule has 3 aliphatic rings. The molecule has 47 heavy (non-hydrogen) atoms. The van der Waals surface area contributed by atoms with E-state index in [1.165, 1.54) is 12.8 Å². The van der Waals surface area contributed by atoms with E-state index in [9.17, 15) is 35.5 Å². The smallest absolute Gasteiger partial charge is 0.416 e. The highest BCUT2D eigenvalue weighted by molar-refractivity contribution is 6.03. The molecule has 0 unspecified atom stereocenters. The molecule has 0 atom stereocenters. The summed E-state index contributed by atoms with van der Waals surface area (Å²) < 4.78 is 117. The fourth-order valence-corrected chi connectivity index (χ4v) is 6.61. The maximum absolute atomic E-state index is 15.3. The number of piperidine rings is 1. The minimum absolute atomic E-state index is 0.0245. The molecular weight excluding hydrogens is 636 g/mol. The van der Waals surface area contributed by atoms with Gasteiger partial charge < -0.3 is 19.4 Å². The van der Waals surface area contributed by atoms with Gasteiger partial charge in [0.2, 0.25) is 0 Å². The number of benzene rings is 2. The third-order valence-corrected chi connectivity index (χ3v) is 8.95. The topological polar surface area (TPSA) is 48.9 Å². The van der Waals surface area contributed by atoms with Crippen molar-refractivity contribution in [2.45, 2.75) is 57.0 Å². The molecule has 6 rings (SSSR count). The Balaban J connectivity index is 1.39. The highest BCUT2D eigenvalue weighted by Crippen LogP contribution is 2.39. The van der Waals surface area contributed by atoms with Gasteiger partial charge in [-0.25, -0.2) is 13.8 Å². The first-order valence-electron chi connectivity index (χ1n) is 15.5. The largest absolute Gasteiger partial charge is 0.492 e. The predicted octanol–water partition coefficient (Wildman–Crippen LogP) is 7.55. The highest BCUT2D eigenvalue weighted by Gasteiger charge is 2.38. The van der Waals surface area contributed by atoms with E-state index in [0.29, 0.717) is 43.1 Å². The first kappa shape index (κ1) is 33.0. The van der Waals surface area contributed by atoms with E-state index < -0.39 is 47.6 Å². The Morgan fingerprint density at radius 1 is 0.809 bits per heavy atom. The predicted molar refractivity (Wildman–Crippen MR) is 157 cm³/mol. The zero-order chi connectivity index (χ0) is 33.5. The molecule has 14 heteroatoms. The third kappa shape index (κ3) is 7.16. The van der Waals surface area contributed by atoms with Gasteiger partial charge in [-0.05, 0) is 81.1 Å². The van der Waals surface area contributed by atoms with Crippen LogP contribution in [0, 0.1) is 11.6 Å². The van der Waals surface area contributed by atoms with Gasteiger partial charge in [0.25, 0.3) is 5.91 Å². The Hall–Kier alpha value is -3.94. The molecule has 6 nitrogen and oxygen atoms in total. The summed E-state index contributed by atoms with van der Waals surface area (Å²) in [6, 6.07) is 5.94. The van der Waals surface area contributed by atoms with Crippen LogP contribution in [0.5, 0.6) is 5.75 Å². The Bertz CT molecular complexity index is 1600. The molecule has 0 N–H and O–H groups in total. The van der Waals surface area contributed by atoms with Crippen molar-refractivity contribution >= 4 is 11.7 Å². The Morgan fingerprint density at radius 3 is 2.09 bits per heavy atom. The van der Waals surface area contributed by atoms with E-state index in [1.807, 2.05) is 4.90 Å². The van der Waals surface area contributed by atoms with Gasteiger partial charge in [0.05, 0.1) is 23.4 Å². The SMILES string of the molecule is O=C1c2c(cc(N3CCC(N4CCCC4)CC3)nc2-c2ccc(F)cc2F)OCCCN1Cc1cc(C(F)(F)F)cc(C(F)(F)F)c1. The number of likely N-dealkylation sites (tertiary alicyclic amines) is 1. The van der Waals surface area contributed by atoms with Crippen molar-refractivity contribution in [2.24, 2.45) is 0 Å². The number of carbonyl (C=O) groups is 1. The summed E-state index contributed by atoms with van der Waals surface area (Å²) >= 11 is 0. The van der Waals surface area contributed by atoms with E-state index in [1.54, 1.807) is 6.07 Å². The summed E-state index contributed by atoms with van der Waals surface area (Å²) in [4.78, 5) is 24.4. The van der Waals surface area contributed by atoms with Crippen LogP contribution < -0.4 is 9.64 Å². The Morgan fingerprint density at radius 2 is 1.47 bits per heavy atom. The number of hydrogen-bond acceptors (Lipinski definition) is 5. The number of hydrogen-bond donors (Lipinski definition) is 0. The summed E-state index contributed by atoms with van der Waals surface area (Å²) in [5.74, 6) is -2.22. The lowest BCUT2D eigenvalue weighted by molar-refractivity contribution is -0.143. The maximum atomic E-state index is 15.3. The van der Waals surface area contributed by atoms with Gasteiger partial charge in [0, 0.05) is 49.9 Å². The second-order valence-electron chi connectivity index (χ2n) is 12.1. The van der Waals surface area contributed by atoms with Gasteiger partial charge in [-0.15, -0.1) is 0 Å². The van der Waals surface area contributed by atoms with Crippen molar-refractivity contribution in [2.75, 3.05) is 44.2 Å². The average Bonchev–Trinajstić information content (AvgIpc) is 3.56. The lowest BCUT2D eigenvalue weighted by Crippen LogP contribution is -2.44. The molecule has 1 amide bonds. The summed E-state index contributed by atoms with van der Waals surface area (Å²) in [7, 11) is 0. The fourth-order valence-electron chi connectivity index (χ4n) is 6.61. The third-order valence-electron chi connectivity index (χ3n) is 8.95. The van der Waals surface area contributed by atoms with E-state index >= 15 is 4.39 Å². The first-order valence-corrected chi connectivity index (χ1v) is 15.5. The molecule has 3 aromatic rings. The number of fused-ring (bicyclic) bond motifs is 1.